The molecule has 0 spiro atoms. The van der Waals surface area contributed by atoms with Crippen molar-refractivity contribution < 1.29 is 14.3 Å². The van der Waals surface area contributed by atoms with E-state index in [-0.39, 0.29) is 6.04 Å². The lowest BCUT2D eigenvalue weighted by Gasteiger charge is -2.26. The maximum absolute atomic E-state index is 11.5. The van der Waals surface area contributed by atoms with E-state index in [2.05, 4.69) is 15.5 Å². The van der Waals surface area contributed by atoms with Crippen molar-refractivity contribution in [2.75, 3.05) is 39.4 Å². The van der Waals surface area contributed by atoms with E-state index in [0.717, 1.165) is 45.7 Å². The largest absolute Gasteiger partial charge is 0.379 e. The van der Waals surface area contributed by atoms with Gasteiger partial charge >= 0.3 is 11.8 Å². The molecule has 6 nitrogen and oxygen atoms in total. The molecule has 0 radical (unpaired) electrons. The summed E-state index contributed by atoms with van der Waals surface area (Å²) in [5.41, 5.74) is 0. The van der Waals surface area contributed by atoms with E-state index in [1.54, 1.807) is 0 Å². The first-order valence-corrected chi connectivity index (χ1v) is 7.02. The number of hydrogen-bond acceptors (Lipinski definition) is 4. The standard InChI is InChI=1S/C13H25N3O3/c1-3-11(2)15-13(18)12(17)14-5-4-6-16-7-9-19-10-8-16/h11H,3-10H2,1-2H3,(H,14,17)(H,15,18). The highest BCUT2D eigenvalue weighted by Gasteiger charge is 2.15. The third-order valence-corrected chi connectivity index (χ3v) is 3.24. The third kappa shape index (κ3) is 6.54. The molecule has 2 N–H and O–H groups in total. The Kier molecular flexibility index (Phi) is 7.43. The van der Waals surface area contributed by atoms with Crippen LogP contribution in [0.2, 0.25) is 0 Å². The molecular weight excluding hydrogens is 246 g/mol. The Labute approximate surface area is 114 Å². The van der Waals surface area contributed by atoms with Crippen molar-refractivity contribution in [3.63, 3.8) is 0 Å². The maximum Gasteiger partial charge on any atom is 0.309 e. The van der Waals surface area contributed by atoms with Crippen LogP contribution in [0.25, 0.3) is 0 Å². The van der Waals surface area contributed by atoms with Crippen molar-refractivity contribution in [1.29, 1.82) is 0 Å². The van der Waals surface area contributed by atoms with Gasteiger partial charge in [-0.25, -0.2) is 0 Å². The molecule has 1 aliphatic rings. The Morgan fingerprint density at radius 1 is 1.26 bits per heavy atom. The topological polar surface area (TPSA) is 70.7 Å². The summed E-state index contributed by atoms with van der Waals surface area (Å²) in [6, 6.07) is 0.0339. The van der Waals surface area contributed by atoms with E-state index in [1.807, 2.05) is 13.8 Å². The van der Waals surface area contributed by atoms with E-state index in [9.17, 15) is 9.59 Å². The summed E-state index contributed by atoms with van der Waals surface area (Å²) < 4.78 is 5.26. The fourth-order valence-electron chi connectivity index (χ4n) is 1.80. The highest BCUT2D eigenvalue weighted by atomic mass is 16.5. The Morgan fingerprint density at radius 3 is 2.58 bits per heavy atom. The SMILES string of the molecule is CCC(C)NC(=O)C(=O)NCCCN1CCOCC1. The normalized spacial score (nSPS) is 17.8. The molecular formula is C13H25N3O3. The molecule has 0 saturated carbocycles. The number of hydrogen-bond donors (Lipinski definition) is 2. The summed E-state index contributed by atoms with van der Waals surface area (Å²) in [4.78, 5) is 25.2. The summed E-state index contributed by atoms with van der Waals surface area (Å²) in [6.45, 7) is 8.76. The van der Waals surface area contributed by atoms with E-state index >= 15 is 0 Å². The lowest BCUT2D eigenvalue weighted by molar-refractivity contribution is -0.139. The van der Waals surface area contributed by atoms with Crippen LogP contribution in [-0.2, 0) is 14.3 Å². The number of morpholine rings is 1. The van der Waals surface area contributed by atoms with E-state index < -0.39 is 11.8 Å². The smallest absolute Gasteiger partial charge is 0.309 e. The zero-order chi connectivity index (χ0) is 14.1. The number of nitrogens with one attached hydrogen (secondary N) is 2. The van der Waals surface area contributed by atoms with E-state index in [4.69, 9.17) is 4.74 Å². The second-order valence-corrected chi connectivity index (χ2v) is 4.85. The number of ether oxygens (including phenoxy) is 1. The molecule has 1 rings (SSSR count). The minimum absolute atomic E-state index is 0.0339. The van der Waals surface area contributed by atoms with Gasteiger partial charge in [0.15, 0.2) is 0 Å². The molecule has 1 aliphatic heterocycles. The van der Waals surface area contributed by atoms with Gasteiger partial charge in [0.1, 0.15) is 0 Å². The van der Waals surface area contributed by atoms with Crippen molar-refractivity contribution in [1.82, 2.24) is 15.5 Å². The van der Waals surface area contributed by atoms with Gasteiger partial charge < -0.3 is 15.4 Å². The van der Waals surface area contributed by atoms with Gasteiger partial charge in [0.05, 0.1) is 13.2 Å². The van der Waals surface area contributed by atoms with Crippen LogP contribution >= 0.6 is 0 Å². The Hall–Kier alpha value is -1.14. The molecule has 19 heavy (non-hydrogen) atoms. The molecule has 0 aromatic carbocycles. The Morgan fingerprint density at radius 2 is 1.95 bits per heavy atom. The third-order valence-electron chi connectivity index (χ3n) is 3.24. The average molecular weight is 271 g/mol. The van der Waals surface area contributed by atoms with Crippen molar-refractivity contribution in [3.05, 3.63) is 0 Å². The first-order valence-electron chi connectivity index (χ1n) is 7.02. The minimum Gasteiger partial charge on any atom is -0.379 e. The van der Waals surface area contributed by atoms with Gasteiger partial charge in [-0.2, -0.15) is 0 Å². The molecule has 6 heteroatoms. The summed E-state index contributed by atoms with van der Waals surface area (Å²) in [6.07, 6.45) is 1.67. The molecule has 0 aromatic heterocycles. The molecule has 0 aliphatic carbocycles. The van der Waals surface area contributed by atoms with E-state index in [1.165, 1.54) is 0 Å². The van der Waals surface area contributed by atoms with Crippen LogP contribution in [0, 0.1) is 0 Å². The fraction of sp³-hybridized carbons (Fsp3) is 0.846. The van der Waals surface area contributed by atoms with Crippen LogP contribution in [0.4, 0.5) is 0 Å². The molecule has 1 fully saturated rings. The second-order valence-electron chi connectivity index (χ2n) is 4.85. The maximum atomic E-state index is 11.5. The average Bonchev–Trinajstić information content (AvgIpc) is 2.44. The second kappa shape index (κ2) is 8.87. The Bertz CT molecular complexity index is 291. The van der Waals surface area contributed by atoms with Crippen LogP contribution in [-0.4, -0.2) is 62.1 Å². The van der Waals surface area contributed by atoms with Gasteiger partial charge in [-0.15, -0.1) is 0 Å². The van der Waals surface area contributed by atoms with Gasteiger partial charge in [-0.3, -0.25) is 14.5 Å². The fourth-order valence-corrected chi connectivity index (χ4v) is 1.80. The zero-order valence-electron chi connectivity index (χ0n) is 11.9. The van der Waals surface area contributed by atoms with Crippen LogP contribution in [0.1, 0.15) is 26.7 Å². The minimum atomic E-state index is -0.541. The number of rotatable bonds is 6. The van der Waals surface area contributed by atoms with Crippen molar-refractivity contribution in [3.8, 4) is 0 Å². The van der Waals surface area contributed by atoms with Gasteiger partial charge in [0.25, 0.3) is 0 Å². The number of carbonyl (C=O) groups is 2. The molecule has 0 aromatic rings. The monoisotopic (exact) mass is 271 g/mol. The summed E-state index contributed by atoms with van der Waals surface area (Å²) >= 11 is 0. The Balaban J connectivity index is 2.07. The molecule has 2 amide bonds. The predicted molar refractivity (Wildman–Crippen MR) is 72.8 cm³/mol. The molecule has 1 atom stereocenters. The highest BCUT2D eigenvalue weighted by Crippen LogP contribution is 1.97. The quantitative estimate of drug-likeness (QED) is 0.516. The number of amides is 2. The molecule has 1 saturated heterocycles. The number of carbonyl (C=O) groups excluding carboxylic acids is 2. The lowest BCUT2D eigenvalue weighted by atomic mass is 10.2. The molecule has 1 heterocycles. The summed E-state index contributed by atoms with van der Waals surface area (Å²) in [5.74, 6) is -1.08. The summed E-state index contributed by atoms with van der Waals surface area (Å²) in [5, 5.41) is 5.28. The lowest BCUT2D eigenvalue weighted by Crippen LogP contribution is -2.44. The molecule has 110 valence electrons. The van der Waals surface area contributed by atoms with Crippen molar-refractivity contribution in [2.24, 2.45) is 0 Å². The van der Waals surface area contributed by atoms with Gasteiger partial charge in [0, 0.05) is 25.7 Å². The molecule has 0 bridgehead atoms. The van der Waals surface area contributed by atoms with Crippen LogP contribution < -0.4 is 10.6 Å². The van der Waals surface area contributed by atoms with Crippen LogP contribution in [0.5, 0.6) is 0 Å². The zero-order valence-corrected chi connectivity index (χ0v) is 11.9. The highest BCUT2D eigenvalue weighted by molar-refractivity contribution is 6.35. The van der Waals surface area contributed by atoms with Crippen LogP contribution in [0.15, 0.2) is 0 Å². The van der Waals surface area contributed by atoms with Gasteiger partial charge in [0.2, 0.25) is 0 Å². The van der Waals surface area contributed by atoms with Crippen molar-refractivity contribution >= 4 is 11.8 Å². The van der Waals surface area contributed by atoms with E-state index in [0.29, 0.717) is 6.54 Å². The van der Waals surface area contributed by atoms with Crippen LogP contribution in [0.3, 0.4) is 0 Å². The first-order chi connectivity index (χ1) is 9.13. The number of nitrogens with zero attached hydrogens (tertiary/aromatic N) is 1. The predicted octanol–water partition coefficient (Wildman–Crippen LogP) is -0.260. The molecule has 1 unspecified atom stereocenters. The van der Waals surface area contributed by atoms with Gasteiger partial charge in [-0.05, 0) is 26.3 Å². The summed E-state index contributed by atoms with van der Waals surface area (Å²) in [7, 11) is 0. The van der Waals surface area contributed by atoms with Crippen molar-refractivity contribution in [2.45, 2.75) is 32.7 Å². The first kappa shape index (κ1) is 15.9. The van der Waals surface area contributed by atoms with Gasteiger partial charge in [-0.1, -0.05) is 6.92 Å².